The molecule has 4 rings (SSSR count). The molecule has 6 heteroatoms. The summed E-state index contributed by atoms with van der Waals surface area (Å²) in [6, 6.07) is 12.8. The van der Waals surface area contributed by atoms with Gasteiger partial charge in [-0.15, -0.1) is 11.8 Å². The van der Waals surface area contributed by atoms with Gasteiger partial charge in [0.15, 0.2) is 0 Å². The van der Waals surface area contributed by atoms with Crippen LogP contribution in [0.1, 0.15) is 24.8 Å². The average molecular weight is 419 g/mol. The van der Waals surface area contributed by atoms with E-state index in [1.807, 2.05) is 30.5 Å². The molecule has 1 amide bonds. The van der Waals surface area contributed by atoms with E-state index in [1.54, 1.807) is 23.9 Å². The highest BCUT2D eigenvalue weighted by Gasteiger charge is 2.58. The quantitative estimate of drug-likeness (QED) is 0.656. The maximum atomic E-state index is 14.0. The maximum absolute atomic E-state index is 14.0. The first-order chi connectivity index (χ1) is 13.5. The maximum Gasteiger partial charge on any atom is 0.228 e. The van der Waals surface area contributed by atoms with Crippen LogP contribution in [0.3, 0.4) is 0 Å². The fourth-order valence-electron chi connectivity index (χ4n) is 4.24. The predicted octanol–water partition coefficient (Wildman–Crippen LogP) is 5.44. The number of carbonyl (C=O) groups is 1. The van der Waals surface area contributed by atoms with Crippen LogP contribution in [-0.4, -0.2) is 30.2 Å². The second-order valence-corrected chi connectivity index (χ2v) is 9.10. The van der Waals surface area contributed by atoms with Crippen LogP contribution in [0.15, 0.2) is 47.4 Å². The number of hydrogen-bond donors (Lipinski definition) is 1. The Hall–Kier alpha value is -1.56. The third kappa shape index (κ3) is 4.07. The van der Waals surface area contributed by atoms with Gasteiger partial charge in [0.1, 0.15) is 5.82 Å². The number of nitrogens with one attached hydrogen (secondary N) is 1. The van der Waals surface area contributed by atoms with Crippen LogP contribution >= 0.6 is 23.4 Å². The van der Waals surface area contributed by atoms with Gasteiger partial charge in [0, 0.05) is 33.6 Å². The summed E-state index contributed by atoms with van der Waals surface area (Å²) in [5, 5.41) is 3.55. The molecule has 0 bridgehead atoms. The number of rotatable bonds is 5. The summed E-state index contributed by atoms with van der Waals surface area (Å²) in [7, 11) is 0. The van der Waals surface area contributed by atoms with Crippen molar-refractivity contribution >= 4 is 35.0 Å². The summed E-state index contributed by atoms with van der Waals surface area (Å²) in [6.45, 7) is 2.27. The minimum absolute atomic E-state index is 0.0897. The Labute approximate surface area is 174 Å². The van der Waals surface area contributed by atoms with Crippen LogP contribution in [0.5, 0.6) is 0 Å². The monoisotopic (exact) mass is 418 g/mol. The Balaban J connectivity index is 1.31. The van der Waals surface area contributed by atoms with Crippen molar-refractivity contribution in [2.45, 2.75) is 30.7 Å². The van der Waals surface area contributed by atoms with E-state index in [4.69, 9.17) is 11.6 Å². The van der Waals surface area contributed by atoms with E-state index in [-0.39, 0.29) is 23.1 Å². The standard InChI is InChI=1S/C22H24ClFN2OS/c1-28-16-7-5-15(6-8-16)25-21(27)18-13-22(18)9-11-26(12-10-22)14-17-19(23)3-2-4-20(17)24/h2-8,18H,9-14H2,1H3,(H,25,27)/t18-/m0/s1. The number of halogens is 2. The molecule has 3 nitrogen and oxygen atoms in total. The number of anilines is 1. The normalized spacial score (nSPS) is 20.9. The number of hydrogen-bond acceptors (Lipinski definition) is 3. The third-order valence-electron chi connectivity index (χ3n) is 6.16. The topological polar surface area (TPSA) is 32.3 Å². The molecule has 1 saturated carbocycles. The van der Waals surface area contributed by atoms with Gasteiger partial charge in [0.25, 0.3) is 0 Å². The van der Waals surface area contributed by atoms with Crippen molar-refractivity contribution in [1.29, 1.82) is 0 Å². The molecule has 1 aliphatic heterocycles. The third-order valence-corrected chi connectivity index (χ3v) is 7.26. The first-order valence-corrected chi connectivity index (χ1v) is 11.2. The molecular weight excluding hydrogens is 395 g/mol. The number of benzene rings is 2. The molecule has 0 radical (unpaired) electrons. The molecule has 1 atom stereocenters. The average Bonchev–Trinajstić information content (AvgIpc) is 3.41. The lowest BCUT2D eigenvalue weighted by atomic mass is 9.90. The molecule has 1 aliphatic carbocycles. The van der Waals surface area contributed by atoms with Gasteiger partial charge in [0.05, 0.1) is 0 Å². The summed E-state index contributed by atoms with van der Waals surface area (Å²) in [5.74, 6) is -0.0293. The fourth-order valence-corrected chi connectivity index (χ4v) is 4.87. The molecule has 1 saturated heterocycles. The zero-order valence-corrected chi connectivity index (χ0v) is 17.5. The van der Waals surface area contributed by atoms with E-state index in [2.05, 4.69) is 10.2 Å². The Bertz CT molecular complexity index is 845. The summed E-state index contributed by atoms with van der Waals surface area (Å²) in [5.41, 5.74) is 1.55. The van der Waals surface area contributed by atoms with Gasteiger partial charge in [-0.1, -0.05) is 17.7 Å². The van der Waals surface area contributed by atoms with Crippen LogP contribution in [0, 0.1) is 17.2 Å². The van der Waals surface area contributed by atoms with Crippen molar-refractivity contribution in [1.82, 2.24) is 4.90 Å². The first kappa shape index (κ1) is 19.7. The minimum atomic E-state index is -0.246. The Morgan fingerprint density at radius 3 is 2.61 bits per heavy atom. The van der Waals surface area contributed by atoms with E-state index in [1.165, 1.54) is 11.0 Å². The Morgan fingerprint density at radius 1 is 1.25 bits per heavy atom. The minimum Gasteiger partial charge on any atom is -0.326 e. The van der Waals surface area contributed by atoms with Crippen LogP contribution in [0.4, 0.5) is 10.1 Å². The zero-order valence-electron chi connectivity index (χ0n) is 15.9. The van der Waals surface area contributed by atoms with Gasteiger partial charge in [-0.25, -0.2) is 4.39 Å². The number of piperidine rings is 1. The highest BCUT2D eigenvalue weighted by molar-refractivity contribution is 7.98. The molecule has 2 fully saturated rings. The van der Waals surface area contributed by atoms with Gasteiger partial charge >= 0.3 is 0 Å². The lowest BCUT2D eigenvalue weighted by Gasteiger charge is -2.33. The van der Waals surface area contributed by atoms with Crippen LogP contribution in [-0.2, 0) is 11.3 Å². The van der Waals surface area contributed by atoms with Crippen molar-refractivity contribution in [3.05, 3.63) is 58.9 Å². The van der Waals surface area contributed by atoms with Crippen molar-refractivity contribution in [2.75, 3.05) is 24.7 Å². The second-order valence-electron chi connectivity index (χ2n) is 7.81. The highest BCUT2D eigenvalue weighted by atomic mass is 35.5. The molecule has 2 aromatic rings. The largest absolute Gasteiger partial charge is 0.326 e. The van der Waals surface area contributed by atoms with E-state index in [0.717, 1.165) is 38.0 Å². The van der Waals surface area contributed by atoms with Crippen molar-refractivity contribution < 1.29 is 9.18 Å². The van der Waals surface area contributed by atoms with E-state index in [0.29, 0.717) is 17.1 Å². The summed E-state index contributed by atoms with van der Waals surface area (Å²) < 4.78 is 14.0. The Morgan fingerprint density at radius 2 is 1.96 bits per heavy atom. The number of amides is 1. The van der Waals surface area contributed by atoms with Crippen molar-refractivity contribution in [2.24, 2.45) is 11.3 Å². The molecule has 0 unspecified atom stereocenters. The number of likely N-dealkylation sites (tertiary alicyclic amines) is 1. The van der Waals surface area contributed by atoms with Crippen LogP contribution in [0.25, 0.3) is 0 Å². The summed E-state index contributed by atoms with van der Waals surface area (Å²) >= 11 is 7.84. The first-order valence-electron chi connectivity index (χ1n) is 9.61. The molecule has 148 valence electrons. The lowest BCUT2D eigenvalue weighted by molar-refractivity contribution is -0.118. The molecule has 2 aromatic carbocycles. The lowest BCUT2D eigenvalue weighted by Crippen LogP contribution is -2.36. The number of nitrogens with zero attached hydrogens (tertiary/aromatic N) is 1. The SMILES string of the molecule is CSc1ccc(NC(=O)[C@@H]2CC23CCN(Cc2c(F)cccc2Cl)CC3)cc1. The van der Waals surface area contributed by atoms with Gasteiger partial charge < -0.3 is 5.32 Å². The molecule has 1 N–H and O–H groups in total. The van der Waals surface area contributed by atoms with Crippen molar-refractivity contribution in [3.8, 4) is 0 Å². The molecule has 2 aliphatic rings. The van der Waals surface area contributed by atoms with Crippen LogP contribution < -0.4 is 5.32 Å². The molecule has 28 heavy (non-hydrogen) atoms. The van der Waals surface area contributed by atoms with E-state index < -0.39 is 0 Å². The second kappa shape index (κ2) is 8.05. The van der Waals surface area contributed by atoms with Gasteiger partial charge in [-0.3, -0.25) is 9.69 Å². The molecular formula is C22H24ClFN2OS. The number of carbonyl (C=O) groups excluding carboxylic acids is 1. The number of thioether (sulfide) groups is 1. The van der Waals surface area contributed by atoms with Gasteiger partial charge in [-0.05, 0) is 80.4 Å². The van der Waals surface area contributed by atoms with E-state index in [9.17, 15) is 9.18 Å². The smallest absolute Gasteiger partial charge is 0.228 e. The molecule has 1 spiro atoms. The molecule has 1 heterocycles. The molecule has 0 aromatic heterocycles. The van der Waals surface area contributed by atoms with Gasteiger partial charge in [-0.2, -0.15) is 0 Å². The summed E-state index contributed by atoms with van der Waals surface area (Å²) in [6.07, 6.45) is 4.94. The van der Waals surface area contributed by atoms with Gasteiger partial charge in [0.2, 0.25) is 5.91 Å². The van der Waals surface area contributed by atoms with E-state index >= 15 is 0 Å². The zero-order chi connectivity index (χ0) is 19.7. The Kier molecular flexibility index (Phi) is 5.68. The highest BCUT2D eigenvalue weighted by Crippen LogP contribution is 2.59. The fraction of sp³-hybridized carbons (Fsp3) is 0.409. The summed E-state index contributed by atoms with van der Waals surface area (Å²) in [4.78, 5) is 16.1. The van der Waals surface area contributed by atoms with Crippen LogP contribution in [0.2, 0.25) is 5.02 Å². The van der Waals surface area contributed by atoms with Crippen molar-refractivity contribution in [3.63, 3.8) is 0 Å². The predicted molar refractivity (Wildman–Crippen MR) is 113 cm³/mol.